The first-order valence-electron chi connectivity index (χ1n) is 8.18. The van der Waals surface area contributed by atoms with Crippen molar-refractivity contribution in [3.63, 3.8) is 0 Å². The van der Waals surface area contributed by atoms with Gasteiger partial charge in [-0.05, 0) is 25.1 Å². The number of hydrogen-bond donors (Lipinski definition) is 0. The smallest absolute Gasteiger partial charge is 0.275 e. The second-order valence-corrected chi connectivity index (χ2v) is 7.04. The van der Waals surface area contributed by atoms with Crippen LogP contribution in [0.4, 0.5) is 9.52 Å². The third-order valence-electron chi connectivity index (χ3n) is 4.27. The van der Waals surface area contributed by atoms with Crippen LogP contribution in [0, 0.1) is 12.7 Å². The van der Waals surface area contributed by atoms with E-state index in [0.29, 0.717) is 47.5 Å². The van der Waals surface area contributed by atoms with Gasteiger partial charge in [-0.1, -0.05) is 17.4 Å². The first-order chi connectivity index (χ1) is 12.5. The highest BCUT2D eigenvalue weighted by molar-refractivity contribution is 7.20. The van der Waals surface area contributed by atoms with Crippen molar-refractivity contribution in [1.29, 1.82) is 0 Å². The second kappa shape index (κ2) is 6.49. The van der Waals surface area contributed by atoms with Crippen LogP contribution in [0.5, 0.6) is 0 Å². The second-order valence-electron chi connectivity index (χ2n) is 6.10. The molecule has 1 aromatic carbocycles. The normalized spacial score (nSPS) is 14.8. The largest absolute Gasteiger partial charge is 0.343 e. The predicted molar refractivity (Wildman–Crippen MR) is 96.4 cm³/mol. The van der Waals surface area contributed by atoms with Crippen LogP contribution in [0.15, 0.2) is 35.1 Å². The minimum Gasteiger partial charge on any atom is -0.343 e. The van der Waals surface area contributed by atoms with Gasteiger partial charge in [-0.15, -0.1) is 5.10 Å². The highest BCUT2D eigenvalue weighted by atomic mass is 32.1. The lowest BCUT2D eigenvalue weighted by Gasteiger charge is -2.34. The first-order valence-corrected chi connectivity index (χ1v) is 9.00. The summed E-state index contributed by atoms with van der Waals surface area (Å²) >= 11 is 1.35. The summed E-state index contributed by atoms with van der Waals surface area (Å²) in [5.74, 6) is -0.598. The summed E-state index contributed by atoms with van der Waals surface area (Å²) in [5, 5.41) is 5.06. The Labute approximate surface area is 152 Å². The number of carbonyl (C=O) groups is 1. The molecule has 3 aromatic rings. The quantitative estimate of drug-likeness (QED) is 0.682. The minimum atomic E-state index is -0.419. The van der Waals surface area contributed by atoms with Crippen LogP contribution in [0.3, 0.4) is 0 Å². The van der Waals surface area contributed by atoms with Crippen LogP contribution in [0.2, 0.25) is 0 Å². The van der Waals surface area contributed by atoms with Gasteiger partial charge in [0.05, 0.1) is 0 Å². The van der Waals surface area contributed by atoms with Gasteiger partial charge in [-0.25, -0.2) is 9.37 Å². The van der Waals surface area contributed by atoms with E-state index >= 15 is 0 Å². The SMILES string of the molecule is Cc1cc(=O)n2nc(N3CCN(C(=O)c4cccc(F)c4)CC3)sc2n1. The molecule has 0 unspecified atom stereocenters. The summed E-state index contributed by atoms with van der Waals surface area (Å²) < 4.78 is 14.6. The zero-order valence-electron chi connectivity index (χ0n) is 14.1. The van der Waals surface area contributed by atoms with E-state index in [4.69, 9.17) is 0 Å². The number of hydrogen-bond acceptors (Lipinski definition) is 6. The lowest BCUT2D eigenvalue weighted by atomic mass is 10.2. The Morgan fingerprint density at radius 2 is 1.96 bits per heavy atom. The van der Waals surface area contributed by atoms with Gasteiger partial charge in [0.2, 0.25) is 10.1 Å². The topological polar surface area (TPSA) is 70.8 Å². The van der Waals surface area contributed by atoms with E-state index in [1.807, 2.05) is 4.90 Å². The van der Waals surface area contributed by atoms with Crippen LogP contribution in [0.1, 0.15) is 16.1 Å². The molecule has 4 rings (SSSR count). The first kappa shape index (κ1) is 16.6. The average molecular weight is 373 g/mol. The number of aryl methyl sites for hydroxylation is 1. The fraction of sp³-hybridized carbons (Fsp3) is 0.294. The van der Waals surface area contributed by atoms with E-state index in [1.165, 1.54) is 40.1 Å². The highest BCUT2D eigenvalue weighted by Crippen LogP contribution is 2.23. The zero-order chi connectivity index (χ0) is 18.3. The monoisotopic (exact) mass is 373 g/mol. The van der Waals surface area contributed by atoms with Gasteiger partial charge in [-0.3, -0.25) is 9.59 Å². The standard InChI is InChI=1S/C17H16FN5O2S/c1-11-9-14(24)23-16(19-11)26-17(20-23)22-7-5-21(6-8-22)15(25)12-3-2-4-13(18)10-12/h2-4,9-10H,5-8H2,1H3. The van der Waals surface area contributed by atoms with Crippen molar-refractivity contribution in [2.75, 3.05) is 31.1 Å². The Balaban J connectivity index is 1.49. The molecule has 1 aliphatic rings. The number of rotatable bonds is 2. The molecular formula is C17H16FN5O2S. The van der Waals surface area contributed by atoms with E-state index in [-0.39, 0.29) is 11.5 Å². The molecule has 3 heterocycles. The van der Waals surface area contributed by atoms with E-state index < -0.39 is 5.82 Å². The number of fused-ring (bicyclic) bond motifs is 1. The Bertz CT molecular complexity index is 1040. The number of nitrogens with zero attached hydrogens (tertiary/aromatic N) is 5. The van der Waals surface area contributed by atoms with Gasteiger partial charge in [0.15, 0.2) is 0 Å². The zero-order valence-corrected chi connectivity index (χ0v) is 14.9. The Morgan fingerprint density at radius 3 is 2.69 bits per heavy atom. The summed E-state index contributed by atoms with van der Waals surface area (Å²) in [6.45, 7) is 3.97. The molecule has 2 aromatic heterocycles. The maximum Gasteiger partial charge on any atom is 0.275 e. The van der Waals surface area contributed by atoms with Crippen LogP contribution in [0.25, 0.3) is 4.96 Å². The molecule has 0 saturated carbocycles. The lowest BCUT2D eigenvalue weighted by molar-refractivity contribution is 0.0746. The van der Waals surface area contributed by atoms with Gasteiger partial charge in [-0.2, -0.15) is 4.52 Å². The molecule has 0 bridgehead atoms. The molecule has 1 aliphatic heterocycles. The molecule has 1 amide bonds. The number of benzene rings is 1. The van der Waals surface area contributed by atoms with Crippen molar-refractivity contribution in [2.45, 2.75) is 6.92 Å². The maximum absolute atomic E-state index is 13.3. The molecule has 1 saturated heterocycles. The van der Waals surface area contributed by atoms with Gasteiger partial charge in [0, 0.05) is 43.5 Å². The number of piperazine rings is 1. The summed E-state index contributed by atoms with van der Waals surface area (Å²) in [4.78, 5) is 33.1. The van der Waals surface area contributed by atoms with Crippen LogP contribution in [-0.4, -0.2) is 51.6 Å². The average Bonchev–Trinajstić information content (AvgIpc) is 3.05. The number of amides is 1. The third-order valence-corrected chi connectivity index (χ3v) is 5.24. The Kier molecular flexibility index (Phi) is 4.15. The van der Waals surface area contributed by atoms with Crippen LogP contribution in [-0.2, 0) is 0 Å². The highest BCUT2D eigenvalue weighted by Gasteiger charge is 2.24. The molecule has 0 aliphatic carbocycles. The minimum absolute atomic E-state index is 0.179. The van der Waals surface area contributed by atoms with Crippen molar-refractivity contribution in [2.24, 2.45) is 0 Å². The van der Waals surface area contributed by atoms with Crippen molar-refractivity contribution in [3.8, 4) is 0 Å². The third kappa shape index (κ3) is 3.05. The Hall–Kier alpha value is -2.81. The van der Waals surface area contributed by atoms with E-state index in [0.717, 1.165) is 0 Å². The molecule has 0 atom stereocenters. The molecule has 134 valence electrons. The molecule has 9 heteroatoms. The molecule has 1 fully saturated rings. The fourth-order valence-electron chi connectivity index (χ4n) is 2.94. The Morgan fingerprint density at radius 1 is 1.19 bits per heavy atom. The van der Waals surface area contributed by atoms with Crippen molar-refractivity contribution >= 4 is 27.3 Å². The van der Waals surface area contributed by atoms with Gasteiger partial charge < -0.3 is 9.80 Å². The van der Waals surface area contributed by atoms with E-state index in [9.17, 15) is 14.0 Å². The van der Waals surface area contributed by atoms with Gasteiger partial charge in [0.1, 0.15) is 5.82 Å². The number of carbonyl (C=O) groups excluding carboxylic acids is 1. The van der Waals surface area contributed by atoms with Crippen LogP contribution >= 0.6 is 11.3 Å². The van der Waals surface area contributed by atoms with Gasteiger partial charge in [0.25, 0.3) is 11.5 Å². The molecule has 0 radical (unpaired) electrons. The fourth-order valence-corrected chi connectivity index (χ4v) is 3.95. The molecule has 0 spiro atoms. The number of anilines is 1. The number of halogens is 1. The van der Waals surface area contributed by atoms with Crippen molar-refractivity contribution in [3.05, 3.63) is 57.8 Å². The molecule has 7 nitrogen and oxygen atoms in total. The van der Waals surface area contributed by atoms with E-state index in [2.05, 4.69) is 10.1 Å². The van der Waals surface area contributed by atoms with Gasteiger partial charge >= 0.3 is 0 Å². The van der Waals surface area contributed by atoms with Crippen LogP contribution < -0.4 is 10.5 Å². The maximum atomic E-state index is 13.3. The van der Waals surface area contributed by atoms with Crippen molar-refractivity contribution in [1.82, 2.24) is 19.5 Å². The molecular weight excluding hydrogens is 357 g/mol. The summed E-state index contributed by atoms with van der Waals surface area (Å²) in [7, 11) is 0. The summed E-state index contributed by atoms with van der Waals surface area (Å²) in [5.41, 5.74) is 0.815. The van der Waals surface area contributed by atoms with Crippen molar-refractivity contribution < 1.29 is 9.18 Å². The van der Waals surface area contributed by atoms with E-state index in [1.54, 1.807) is 17.9 Å². The number of aromatic nitrogens is 3. The summed E-state index contributed by atoms with van der Waals surface area (Å²) in [6.07, 6.45) is 0. The summed E-state index contributed by atoms with van der Waals surface area (Å²) in [6, 6.07) is 7.17. The molecule has 26 heavy (non-hydrogen) atoms. The predicted octanol–water partition coefficient (Wildman–Crippen LogP) is 1.56. The lowest BCUT2D eigenvalue weighted by Crippen LogP contribution is -2.48. The molecule has 0 N–H and O–H groups in total.